The number of esters is 1. The van der Waals surface area contributed by atoms with E-state index in [1.165, 1.54) is 18.3 Å². The van der Waals surface area contributed by atoms with Gasteiger partial charge in [-0.1, -0.05) is 11.6 Å². The van der Waals surface area contributed by atoms with Crippen molar-refractivity contribution in [3.05, 3.63) is 65.6 Å². The molecule has 0 saturated heterocycles. The van der Waals surface area contributed by atoms with Crippen molar-refractivity contribution < 1.29 is 23.4 Å². The molecule has 0 amide bonds. The lowest BCUT2D eigenvalue weighted by molar-refractivity contribution is -0.149. The standard InChI is InChI=1S/C27H29ClF2N4O3/c1-16-11-21(33-24(12-16)34-23-13-18(25(29)30)9-10-31-23)19-5-8-22(32-14-19)27(2,36)20-6-3-17(4-7-20)26(35)37-15-28/h5,8-14,17,20,25,36H,3-4,6-7,15H2,1-2H3,(H,31,33,34). The summed E-state index contributed by atoms with van der Waals surface area (Å²) in [5.74, 6) is 0.221. The molecule has 1 aliphatic rings. The third kappa shape index (κ3) is 6.40. The van der Waals surface area contributed by atoms with Gasteiger partial charge in [-0.25, -0.2) is 18.7 Å². The van der Waals surface area contributed by atoms with Gasteiger partial charge in [0.15, 0.2) is 6.07 Å². The summed E-state index contributed by atoms with van der Waals surface area (Å²) < 4.78 is 31.0. The minimum atomic E-state index is -2.59. The van der Waals surface area contributed by atoms with Crippen LogP contribution in [0.5, 0.6) is 0 Å². The number of aryl methyl sites for hydroxylation is 1. The number of rotatable bonds is 8. The number of nitrogens with zero attached hydrogens (tertiary/aromatic N) is 3. The van der Waals surface area contributed by atoms with E-state index in [1.807, 2.05) is 19.1 Å². The van der Waals surface area contributed by atoms with Crippen molar-refractivity contribution in [1.29, 1.82) is 0 Å². The van der Waals surface area contributed by atoms with Crippen LogP contribution in [0.2, 0.25) is 0 Å². The van der Waals surface area contributed by atoms with Gasteiger partial charge in [-0.15, -0.1) is 0 Å². The molecule has 37 heavy (non-hydrogen) atoms. The molecule has 2 N–H and O–H groups in total. The Kier molecular flexibility index (Phi) is 8.34. The first-order valence-electron chi connectivity index (χ1n) is 12.1. The SMILES string of the molecule is Cc1cc(Nc2cc(C(F)F)ccn2)nc(-c2ccc(C(C)(O)C3CCC(C(=O)OCCl)CC3)nc2)c1. The van der Waals surface area contributed by atoms with E-state index in [-0.39, 0.29) is 35.3 Å². The molecule has 3 aromatic heterocycles. The van der Waals surface area contributed by atoms with Crippen LogP contribution in [0.4, 0.5) is 20.4 Å². The first-order chi connectivity index (χ1) is 17.7. The van der Waals surface area contributed by atoms with E-state index in [2.05, 4.69) is 20.3 Å². The van der Waals surface area contributed by atoms with Gasteiger partial charge in [-0.3, -0.25) is 9.78 Å². The maximum Gasteiger partial charge on any atom is 0.310 e. The fourth-order valence-corrected chi connectivity index (χ4v) is 4.89. The van der Waals surface area contributed by atoms with Crippen LogP contribution < -0.4 is 5.32 Å². The van der Waals surface area contributed by atoms with Gasteiger partial charge in [0.1, 0.15) is 17.2 Å². The van der Waals surface area contributed by atoms with Crippen LogP contribution in [-0.2, 0) is 15.1 Å². The van der Waals surface area contributed by atoms with Crippen molar-refractivity contribution in [2.75, 3.05) is 11.4 Å². The van der Waals surface area contributed by atoms with Gasteiger partial charge in [0.25, 0.3) is 6.43 Å². The molecular formula is C27H29ClF2N4O3. The number of aliphatic hydroxyl groups is 1. The van der Waals surface area contributed by atoms with E-state index in [9.17, 15) is 18.7 Å². The molecule has 1 unspecified atom stereocenters. The normalized spacial score (nSPS) is 19.3. The van der Waals surface area contributed by atoms with Crippen LogP contribution in [0.1, 0.15) is 55.9 Å². The summed E-state index contributed by atoms with van der Waals surface area (Å²) in [6, 6.07) is 9.74. The Morgan fingerprint density at radius 2 is 1.92 bits per heavy atom. The summed E-state index contributed by atoms with van der Waals surface area (Å²) in [5, 5.41) is 14.3. The monoisotopic (exact) mass is 530 g/mol. The summed E-state index contributed by atoms with van der Waals surface area (Å²) >= 11 is 5.50. The van der Waals surface area contributed by atoms with Crippen LogP contribution in [0.25, 0.3) is 11.3 Å². The van der Waals surface area contributed by atoms with E-state index in [1.54, 1.807) is 25.3 Å². The average Bonchev–Trinajstić information content (AvgIpc) is 2.89. The fraction of sp³-hybridized carbons (Fsp3) is 0.407. The van der Waals surface area contributed by atoms with Crippen molar-refractivity contribution in [3.8, 4) is 11.3 Å². The quantitative estimate of drug-likeness (QED) is 0.261. The van der Waals surface area contributed by atoms with Gasteiger partial charge in [-0.2, -0.15) is 0 Å². The number of alkyl halides is 3. The molecule has 0 aliphatic heterocycles. The number of anilines is 2. The molecule has 1 saturated carbocycles. The van der Waals surface area contributed by atoms with Crippen molar-refractivity contribution >= 4 is 29.2 Å². The van der Waals surface area contributed by atoms with E-state index < -0.39 is 12.0 Å². The Morgan fingerprint density at radius 3 is 2.57 bits per heavy atom. The zero-order chi connectivity index (χ0) is 26.6. The average molecular weight is 531 g/mol. The molecule has 7 nitrogen and oxygen atoms in total. The van der Waals surface area contributed by atoms with E-state index in [4.69, 9.17) is 16.3 Å². The van der Waals surface area contributed by atoms with E-state index in [0.717, 1.165) is 11.1 Å². The first-order valence-corrected chi connectivity index (χ1v) is 12.6. The summed E-state index contributed by atoms with van der Waals surface area (Å²) in [6.45, 7) is 3.66. The molecule has 4 rings (SSSR count). The first kappa shape index (κ1) is 26.9. The van der Waals surface area contributed by atoms with Crippen molar-refractivity contribution in [2.45, 2.75) is 51.6 Å². The van der Waals surface area contributed by atoms with Crippen molar-refractivity contribution in [3.63, 3.8) is 0 Å². The third-order valence-electron chi connectivity index (χ3n) is 6.89. The van der Waals surface area contributed by atoms with Crippen LogP contribution in [-0.4, -0.2) is 32.1 Å². The predicted octanol–water partition coefficient (Wildman–Crippen LogP) is 6.28. The fourth-order valence-electron chi connectivity index (χ4n) is 4.78. The highest BCUT2D eigenvalue weighted by Gasteiger charge is 2.39. The van der Waals surface area contributed by atoms with Gasteiger partial charge in [-0.05, 0) is 87.4 Å². The smallest absolute Gasteiger partial charge is 0.310 e. The lowest BCUT2D eigenvalue weighted by Crippen LogP contribution is -2.36. The maximum absolute atomic E-state index is 13.0. The highest BCUT2D eigenvalue weighted by Crippen LogP contribution is 2.41. The Balaban J connectivity index is 1.48. The Labute approximate surface area is 219 Å². The molecule has 3 heterocycles. The second-order valence-electron chi connectivity index (χ2n) is 9.52. The van der Waals surface area contributed by atoms with Gasteiger partial charge in [0, 0.05) is 23.5 Å². The summed E-state index contributed by atoms with van der Waals surface area (Å²) in [5.41, 5.74) is 1.56. The summed E-state index contributed by atoms with van der Waals surface area (Å²) in [6.07, 6.45) is 3.01. The number of hydrogen-bond acceptors (Lipinski definition) is 7. The zero-order valence-electron chi connectivity index (χ0n) is 20.6. The van der Waals surface area contributed by atoms with Crippen molar-refractivity contribution in [1.82, 2.24) is 15.0 Å². The molecule has 0 bridgehead atoms. The number of aromatic nitrogens is 3. The Morgan fingerprint density at radius 1 is 1.16 bits per heavy atom. The van der Waals surface area contributed by atoms with Crippen LogP contribution >= 0.6 is 11.6 Å². The lowest BCUT2D eigenvalue weighted by atomic mass is 9.73. The molecule has 3 aromatic rings. The molecule has 10 heteroatoms. The number of nitrogens with one attached hydrogen (secondary N) is 1. The Hall–Kier alpha value is -3.17. The Bertz CT molecular complexity index is 1230. The number of hydrogen-bond donors (Lipinski definition) is 2. The molecule has 1 atom stereocenters. The van der Waals surface area contributed by atoms with Crippen LogP contribution in [0, 0.1) is 18.8 Å². The van der Waals surface area contributed by atoms with Gasteiger partial charge in [0.05, 0.1) is 17.3 Å². The van der Waals surface area contributed by atoms with Crippen LogP contribution in [0.3, 0.4) is 0 Å². The number of ether oxygens (including phenoxy) is 1. The van der Waals surface area contributed by atoms with Gasteiger partial charge < -0.3 is 15.2 Å². The van der Waals surface area contributed by atoms with E-state index >= 15 is 0 Å². The number of carbonyl (C=O) groups excluding carboxylic acids is 1. The molecule has 0 radical (unpaired) electrons. The van der Waals surface area contributed by atoms with Crippen LogP contribution in [0.15, 0.2) is 48.8 Å². The maximum atomic E-state index is 13.0. The van der Waals surface area contributed by atoms with Crippen molar-refractivity contribution in [2.24, 2.45) is 11.8 Å². The number of halogens is 3. The molecule has 1 fully saturated rings. The molecule has 1 aliphatic carbocycles. The molecular weight excluding hydrogens is 502 g/mol. The number of pyridine rings is 3. The largest absolute Gasteiger partial charge is 0.449 e. The van der Waals surface area contributed by atoms with E-state index in [0.29, 0.717) is 42.9 Å². The second kappa shape index (κ2) is 11.5. The number of carbonyl (C=O) groups is 1. The van der Waals surface area contributed by atoms with Gasteiger partial charge >= 0.3 is 5.97 Å². The zero-order valence-corrected chi connectivity index (χ0v) is 21.4. The highest BCUT2D eigenvalue weighted by atomic mass is 35.5. The van der Waals surface area contributed by atoms with Gasteiger partial charge in [0.2, 0.25) is 0 Å². The second-order valence-corrected chi connectivity index (χ2v) is 9.73. The molecule has 0 aromatic carbocycles. The minimum absolute atomic E-state index is 0.0460. The summed E-state index contributed by atoms with van der Waals surface area (Å²) in [4.78, 5) is 25.2. The third-order valence-corrected chi connectivity index (χ3v) is 7.00. The molecule has 196 valence electrons. The summed E-state index contributed by atoms with van der Waals surface area (Å²) in [7, 11) is 0. The highest BCUT2D eigenvalue weighted by molar-refractivity contribution is 6.17. The topological polar surface area (TPSA) is 97.2 Å². The molecule has 0 spiro atoms. The minimum Gasteiger partial charge on any atom is -0.449 e. The predicted molar refractivity (Wildman–Crippen MR) is 137 cm³/mol. The lowest BCUT2D eigenvalue weighted by Gasteiger charge is -2.37.